The predicted octanol–water partition coefficient (Wildman–Crippen LogP) is 2.24. The molecule has 1 aliphatic heterocycles. The molecule has 1 aromatic carbocycles. The number of rotatable bonds is 7. The number of nitrogens with one attached hydrogen (secondary N) is 1. The Bertz CT molecular complexity index is 1270. The van der Waals surface area contributed by atoms with Gasteiger partial charge < -0.3 is 5.32 Å². The topological polar surface area (TPSA) is 126 Å². The Hall–Kier alpha value is -3.44. The van der Waals surface area contributed by atoms with Gasteiger partial charge in [0.25, 0.3) is 11.8 Å². The van der Waals surface area contributed by atoms with Crippen LogP contribution in [0.3, 0.4) is 0 Å². The van der Waals surface area contributed by atoms with Crippen LogP contribution < -0.4 is 5.32 Å². The number of imide groups is 1. The van der Waals surface area contributed by atoms with Gasteiger partial charge in [-0.15, -0.1) is 11.3 Å². The van der Waals surface area contributed by atoms with Crippen LogP contribution in [0.25, 0.3) is 11.4 Å². The molecule has 1 unspecified atom stereocenters. The van der Waals surface area contributed by atoms with Crippen LogP contribution in [0, 0.1) is 0 Å². The molecule has 1 atom stereocenters. The molecule has 3 amide bonds. The van der Waals surface area contributed by atoms with Crippen LogP contribution in [0.5, 0.6) is 0 Å². The number of amides is 3. The van der Waals surface area contributed by atoms with Gasteiger partial charge in [-0.3, -0.25) is 24.3 Å². The summed E-state index contributed by atoms with van der Waals surface area (Å²) < 4.78 is 23.5. The zero-order chi connectivity index (χ0) is 22.9. The summed E-state index contributed by atoms with van der Waals surface area (Å²) in [5.74, 6) is -2.32. The highest BCUT2D eigenvalue weighted by atomic mass is 32.2. The zero-order valence-corrected chi connectivity index (χ0v) is 18.5. The number of sulfone groups is 1. The van der Waals surface area contributed by atoms with Crippen molar-refractivity contribution in [3.05, 3.63) is 65.2 Å². The van der Waals surface area contributed by atoms with E-state index in [-0.39, 0.29) is 28.4 Å². The van der Waals surface area contributed by atoms with Gasteiger partial charge in [-0.25, -0.2) is 13.4 Å². The normalized spacial score (nSPS) is 14.3. The molecule has 2 aromatic heterocycles. The fraction of sp³-hybridized carbons (Fsp3) is 0.190. The van der Waals surface area contributed by atoms with E-state index in [0.717, 1.165) is 22.5 Å². The number of hydrogen-bond acceptors (Lipinski definition) is 8. The Morgan fingerprint density at radius 1 is 1.06 bits per heavy atom. The molecule has 0 aliphatic carbocycles. The molecule has 0 radical (unpaired) electrons. The molecule has 4 rings (SSSR count). The summed E-state index contributed by atoms with van der Waals surface area (Å²) in [6.07, 6.45) is 2.43. The van der Waals surface area contributed by atoms with Gasteiger partial charge in [-0.05, 0) is 30.7 Å². The van der Waals surface area contributed by atoms with E-state index in [1.165, 1.54) is 12.1 Å². The Labute approximate surface area is 188 Å². The van der Waals surface area contributed by atoms with Crippen LogP contribution >= 0.6 is 11.3 Å². The Kier molecular flexibility index (Phi) is 5.85. The number of carbonyl (C=O) groups is 3. The zero-order valence-electron chi connectivity index (χ0n) is 16.9. The van der Waals surface area contributed by atoms with Crippen LogP contribution in [-0.2, 0) is 14.6 Å². The van der Waals surface area contributed by atoms with Crippen molar-refractivity contribution in [2.45, 2.75) is 12.5 Å². The first-order chi connectivity index (χ1) is 15.2. The average molecular weight is 471 g/mol. The lowest BCUT2D eigenvalue weighted by Gasteiger charge is -2.24. The number of anilines is 1. The number of fused-ring (bicyclic) bond motifs is 1. The van der Waals surface area contributed by atoms with Crippen LogP contribution in [0.15, 0.2) is 54.0 Å². The molecule has 0 saturated heterocycles. The van der Waals surface area contributed by atoms with E-state index < -0.39 is 33.6 Å². The van der Waals surface area contributed by atoms with Crippen LogP contribution in [0.4, 0.5) is 5.13 Å². The lowest BCUT2D eigenvalue weighted by molar-refractivity contribution is -0.120. The van der Waals surface area contributed by atoms with Gasteiger partial charge in [-0.1, -0.05) is 18.2 Å². The lowest BCUT2D eigenvalue weighted by Crippen LogP contribution is -2.48. The van der Waals surface area contributed by atoms with Gasteiger partial charge in [0, 0.05) is 17.8 Å². The second-order valence-electron chi connectivity index (χ2n) is 7.20. The first-order valence-corrected chi connectivity index (χ1v) is 12.5. The minimum absolute atomic E-state index is 0.182. The fourth-order valence-electron chi connectivity index (χ4n) is 3.35. The number of pyridine rings is 1. The molecule has 3 heterocycles. The first kappa shape index (κ1) is 21.8. The van der Waals surface area contributed by atoms with Crippen LogP contribution in [0.1, 0.15) is 27.1 Å². The molecule has 32 heavy (non-hydrogen) atoms. The standard InChI is InChI=1S/C21H18N4O5S2/c1-32(29,30)11-9-17(25-19(27)13-6-2-3-7-14(13)20(25)28)18(26)24-21-23-16(12-31-21)15-8-4-5-10-22-15/h2-8,10,12,17H,9,11H2,1H3,(H,23,24,26). The van der Waals surface area contributed by atoms with Gasteiger partial charge in [-0.2, -0.15) is 0 Å². The van der Waals surface area contributed by atoms with Crippen LogP contribution in [0.2, 0.25) is 0 Å². The number of carbonyl (C=O) groups excluding carboxylic acids is 3. The van der Waals surface area contributed by atoms with Crippen molar-refractivity contribution < 1.29 is 22.8 Å². The largest absolute Gasteiger partial charge is 0.300 e. The molecule has 11 heteroatoms. The second-order valence-corrected chi connectivity index (χ2v) is 10.3. The van der Waals surface area contributed by atoms with E-state index in [9.17, 15) is 22.8 Å². The quantitative estimate of drug-likeness (QED) is 0.525. The highest BCUT2D eigenvalue weighted by Gasteiger charge is 2.43. The highest BCUT2D eigenvalue weighted by molar-refractivity contribution is 7.90. The average Bonchev–Trinajstić information content (AvgIpc) is 3.33. The summed E-state index contributed by atoms with van der Waals surface area (Å²) in [6, 6.07) is 10.3. The molecule has 164 valence electrons. The molecule has 1 aliphatic rings. The van der Waals surface area contributed by atoms with Crippen molar-refractivity contribution in [1.82, 2.24) is 14.9 Å². The van der Waals surface area contributed by atoms with Crippen molar-refractivity contribution in [1.29, 1.82) is 0 Å². The summed E-state index contributed by atoms with van der Waals surface area (Å²) >= 11 is 1.16. The van der Waals surface area contributed by atoms with E-state index in [0.29, 0.717) is 11.4 Å². The van der Waals surface area contributed by atoms with E-state index in [1.54, 1.807) is 35.8 Å². The molecular weight excluding hydrogens is 452 g/mol. The summed E-state index contributed by atoms with van der Waals surface area (Å²) in [6.45, 7) is 0. The SMILES string of the molecule is CS(=O)(=O)CCC(C(=O)Nc1nc(-c2ccccn2)cs1)N1C(=O)c2ccccc2C1=O. The highest BCUT2D eigenvalue weighted by Crippen LogP contribution is 2.28. The van der Waals surface area contributed by atoms with E-state index in [4.69, 9.17) is 0 Å². The van der Waals surface area contributed by atoms with E-state index >= 15 is 0 Å². The smallest absolute Gasteiger partial charge is 0.262 e. The lowest BCUT2D eigenvalue weighted by atomic mass is 10.1. The minimum atomic E-state index is -3.44. The molecule has 1 N–H and O–H groups in total. The Balaban J connectivity index is 1.60. The van der Waals surface area contributed by atoms with Crippen LogP contribution in [-0.4, -0.2) is 59.1 Å². The Morgan fingerprint density at radius 3 is 2.31 bits per heavy atom. The second kappa shape index (κ2) is 8.60. The van der Waals surface area contributed by atoms with Gasteiger partial charge in [0.15, 0.2) is 5.13 Å². The van der Waals surface area contributed by atoms with Crippen molar-refractivity contribution in [2.75, 3.05) is 17.3 Å². The summed E-state index contributed by atoms with van der Waals surface area (Å²) in [5, 5.41) is 4.57. The number of aromatic nitrogens is 2. The van der Waals surface area contributed by atoms with Gasteiger partial charge in [0.1, 0.15) is 21.6 Å². The van der Waals surface area contributed by atoms with Crippen molar-refractivity contribution in [3.8, 4) is 11.4 Å². The maximum atomic E-state index is 13.1. The fourth-order valence-corrected chi connectivity index (χ4v) is 4.70. The number of thiazole rings is 1. The van der Waals surface area contributed by atoms with Gasteiger partial charge in [0.2, 0.25) is 5.91 Å². The molecule has 9 nitrogen and oxygen atoms in total. The van der Waals surface area contributed by atoms with Crippen molar-refractivity contribution in [2.24, 2.45) is 0 Å². The monoisotopic (exact) mass is 470 g/mol. The third-order valence-corrected chi connectivity index (χ3v) is 6.60. The maximum absolute atomic E-state index is 13.1. The van der Waals surface area contributed by atoms with Gasteiger partial charge >= 0.3 is 0 Å². The summed E-state index contributed by atoms with van der Waals surface area (Å²) in [7, 11) is -3.44. The summed E-state index contributed by atoms with van der Waals surface area (Å²) in [5.41, 5.74) is 1.54. The minimum Gasteiger partial charge on any atom is -0.300 e. The van der Waals surface area contributed by atoms with E-state index in [1.807, 2.05) is 6.07 Å². The maximum Gasteiger partial charge on any atom is 0.262 e. The van der Waals surface area contributed by atoms with Crippen molar-refractivity contribution in [3.63, 3.8) is 0 Å². The molecule has 0 bridgehead atoms. The molecule has 0 fully saturated rings. The number of nitrogens with zero attached hydrogens (tertiary/aromatic N) is 3. The number of benzene rings is 1. The third kappa shape index (κ3) is 4.43. The predicted molar refractivity (Wildman–Crippen MR) is 119 cm³/mol. The molecule has 0 spiro atoms. The molecule has 3 aromatic rings. The van der Waals surface area contributed by atoms with E-state index in [2.05, 4.69) is 15.3 Å². The van der Waals surface area contributed by atoms with Gasteiger partial charge in [0.05, 0.1) is 22.6 Å². The third-order valence-electron chi connectivity index (χ3n) is 4.86. The Morgan fingerprint density at radius 2 is 1.72 bits per heavy atom. The molecule has 0 saturated carbocycles. The summed E-state index contributed by atoms with van der Waals surface area (Å²) in [4.78, 5) is 48.2. The first-order valence-electron chi connectivity index (χ1n) is 9.57. The van der Waals surface area contributed by atoms with Crippen molar-refractivity contribution >= 4 is 44.0 Å². The number of hydrogen-bond donors (Lipinski definition) is 1. The molecular formula is C21H18N4O5S2.